The van der Waals surface area contributed by atoms with Crippen molar-refractivity contribution in [3.05, 3.63) is 50.7 Å². The quantitative estimate of drug-likeness (QED) is 0.804. The monoisotopic (exact) mass is 396 g/mol. The molecule has 0 aliphatic rings. The Kier molecular flexibility index (Phi) is 5.17. The zero-order valence-corrected chi connectivity index (χ0v) is 14.4. The number of carbonyl (C=O) groups excluding carboxylic acids is 1. The molecule has 1 heterocycles. The fourth-order valence-electron chi connectivity index (χ4n) is 1.82. The molecule has 1 amide bonds. The van der Waals surface area contributed by atoms with Gasteiger partial charge in [-0.1, -0.05) is 12.1 Å². The minimum atomic E-state index is -0.219. The molecule has 0 atom stereocenters. The first-order chi connectivity index (χ1) is 9.97. The molecule has 0 spiro atoms. The molecule has 110 valence electrons. The van der Waals surface area contributed by atoms with Crippen molar-refractivity contribution >= 4 is 34.3 Å². The summed E-state index contributed by atoms with van der Waals surface area (Å²) in [4.78, 5) is 16.2. The van der Waals surface area contributed by atoms with Gasteiger partial charge in [0.2, 0.25) is 0 Å². The molecule has 0 saturated carbocycles. The van der Waals surface area contributed by atoms with E-state index >= 15 is 0 Å². The molecule has 1 N–H and O–H groups in total. The van der Waals surface area contributed by atoms with Gasteiger partial charge in [-0.2, -0.15) is 0 Å². The predicted molar refractivity (Wildman–Crippen MR) is 91.7 cm³/mol. The van der Waals surface area contributed by atoms with Crippen LogP contribution in [0.5, 0.6) is 5.75 Å². The Morgan fingerprint density at radius 1 is 1.24 bits per heavy atom. The van der Waals surface area contributed by atoms with Crippen molar-refractivity contribution in [2.45, 2.75) is 20.8 Å². The molecule has 0 unspecified atom stereocenters. The highest BCUT2D eigenvalue weighted by molar-refractivity contribution is 14.1. The number of hydrogen-bond donors (Lipinski definition) is 1. The number of aromatic nitrogens is 1. The third-order valence-corrected chi connectivity index (χ3v) is 4.34. The number of nitrogens with zero attached hydrogens (tertiary/aromatic N) is 1. The number of halogens is 1. The van der Waals surface area contributed by atoms with E-state index in [2.05, 4.69) is 32.9 Å². The lowest BCUT2D eigenvalue weighted by Crippen LogP contribution is -2.21. The van der Waals surface area contributed by atoms with E-state index in [0.717, 1.165) is 26.1 Å². The predicted octanol–water partition coefficient (Wildman–Crippen LogP) is 3.63. The Morgan fingerprint density at radius 3 is 2.71 bits per heavy atom. The number of anilines is 1. The van der Waals surface area contributed by atoms with Crippen molar-refractivity contribution in [2.75, 3.05) is 11.9 Å². The molecule has 0 aliphatic carbocycles. The van der Waals surface area contributed by atoms with Crippen molar-refractivity contribution in [2.24, 2.45) is 0 Å². The van der Waals surface area contributed by atoms with Crippen LogP contribution in [0, 0.1) is 24.3 Å². The first-order valence-corrected chi connectivity index (χ1v) is 7.67. The third kappa shape index (κ3) is 4.17. The van der Waals surface area contributed by atoms with E-state index in [1.54, 1.807) is 6.07 Å². The number of amides is 1. The molecule has 1 aromatic heterocycles. The Bertz CT molecular complexity index is 671. The van der Waals surface area contributed by atoms with E-state index in [0.29, 0.717) is 5.82 Å². The molecule has 0 saturated heterocycles. The van der Waals surface area contributed by atoms with Gasteiger partial charge < -0.3 is 10.1 Å². The van der Waals surface area contributed by atoms with Gasteiger partial charge in [0.05, 0.1) is 5.69 Å². The third-order valence-electron chi connectivity index (χ3n) is 3.20. The molecule has 2 aromatic rings. The maximum absolute atomic E-state index is 11.9. The normalized spacial score (nSPS) is 10.3. The van der Waals surface area contributed by atoms with Gasteiger partial charge in [-0.05, 0) is 72.7 Å². The number of nitrogens with one attached hydrogen (secondary N) is 1. The Hall–Kier alpha value is -1.63. The van der Waals surface area contributed by atoms with Crippen molar-refractivity contribution in [1.82, 2.24) is 4.98 Å². The Morgan fingerprint density at radius 2 is 2.00 bits per heavy atom. The van der Waals surface area contributed by atoms with Crippen LogP contribution >= 0.6 is 22.6 Å². The van der Waals surface area contributed by atoms with Crippen LogP contribution in [0.15, 0.2) is 30.3 Å². The van der Waals surface area contributed by atoms with E-state index in [1.807, 2.05) is 45.0 Å². The molecule has 0 radical (unpaired) electrons. The molecule has 5 heteroatoms. The molecule has 0 fully saturated rings. The first-order valence-electron chi connectivity index (χ1n) is 6.59. The van der Waals surface area contributed by atoms with Gasteiger partial charge >= 0.3 is 0 Å². The first kappa shape index (κ1) is 15.8. The van der Waals surface area contributed by atoms with E-state index in [-0.39, 0.29) is 12.5 Å². The molecule has 2 rings (SSSR count). The van der Waals surface area contributed by atoms with E-state index in [4.69, 9.17) is 4.74 Å². The summed E-state index contributed by atoms with van der Waals surface area (Å²) in [6.07, 6.45) is 0. The zero-order valence-electron chi connectivity index (χ0n) is 12.2. The van der Waals surface area contributed by atoms with Gasteiger partial charge in [0, 0.05) is 3.57 Å². The van der Waals surface area contributed by atoms with Gasteiger partial charge in [-0.25, -0.2) is 4.98 Å². The summed E-state index contributed by atoms with van der Waals surface area (Å²) in [5.41, 5.74) is 3.08. The summed E-state index contributed by atoms with van der Waals surface area (Å²) >= 11 is 2.21. The lowest BCUT2D eigenvalue weighted by Gasteiger charge is -2.11. The second-order valence-electron chi connectivity index (χ2n) is 4.80. The van der Waals surface area contributed by atoms with Gasteiger partial charge in [0.25, 0.3) is 5.91 Å². The average molecular weight is 396 g/mol. The fraction of sp³-hybridized carbons (Fsp3) is 0.250. The number of hydrogen-bond acceptors (Lipinski definition) is 3. The second-order valence-corrected chi connectivity index (χ2v) is 5.96. The molecule has 21 heavy (non-hydrogen) atoms. The fourth-order valence-corrected chi connectivity index (χ4v) is 2.12. The summed E-state index contributed by atoms with van der Waals surface area (Å²) in [6, 6.07) is 9.50. The number of ether oxygens (including phenoxy) is 1. The minimum Gasteiger partial charge on any atom is -0.483 e. The zero-order chi connectivity index (χ0) is 15.4. The molecule has 0 aliphatic heterocycles. The average Bonchev–Trinajstić information content (AvgIpc) is 2.44. The van der Waals surface area contributed by atoms with Crippen LogP contribution in [0.4, 0.5) is 5.82 Å². The number of carbonyl (C=O) groups is 1. The van der Waals surface area contributed by atoms with Crippen molar-refractivity contribution < 1.29 is 9.53 Å². The van der Waals surface area contributed by atoms with Crippen LogP contribution in [0.25, 0.3) is 0 Å². The van der Waals surface area contributed by atoms with E-state index in [9.17, 15) is 4.79 Å². The standard InChI is InChI=1S/C16H17IN2O2/c1-10-5-4-6-14(11(10)2)21-9-16(20)19-15-8-7-13(17)12(3)18-15/h4-8H,9H2,1-3H3,(H,18,19,20). The van der Waals surface area contributed by atoms with E-state index in [1.165, 1.54) is 0 Å². The maximum atomic E-state index is 11.9. The van der Waals surface area contributed by atoms with Crippen LogP contribution < -0.4 is 10.1 Å². The number of benzene rings is 1. The lowest BCUT2D eigenvalue weighted by atomic mass is 10.1. The number of rotatable bonds is 4. The van der Waals surface area contributed by atoms with Gasteiger partial charge in [0.1, 0.15) is 11.6 Å². The van der Waals surface area contributed by atoms with Crippen LogP contribution in [0.1, 0.15) is 16.8 Å². The summed E-state index contributed by atoms with van der Waals surface area (Å²) in [5, 5.41) is 2.74. The number of aryl methyl sites for hydroxylation is 2. The van der Waals surface area contributed by atoms with Crippen molar-refractivity contribution in [1.29, 1.82) is 0 Å². The van der Waals surface area contributed by atoms with E-state index < -0.39 is 0 Å². The highest BCUT2D eigenvalue weighted by Gasteiger charge is 2.08. The van der Waals surface area contributed by atoms with Gasteiger partial charge in [-0.3, -0.25) is 4.79 Å². The van der Waals surface area contributed by atoms with Crippen LogP contribution in [-0.4, -0.2) is 17.5 Å². The largest absolute Gasteiger partial charge is 0.483 e. The van der Waals surface area contributed by atoms with Crippen LogP contribution in [0.3, 0.4) is 0 Å². The molecule has 0 bridgehead atoms. The van der Waals surface area contributed by atoms with Gasteiger partial charge in [0.15, 0.2) is 6.61 Å². The summed E-state index contributed by atoms with van der Waals surface area (Å²) in [7, 11) is 0. The maximum Gasteiger partial charge on any atom is 0.263 e. The molecule has 4 nitrogen and oxygen atoms in total. The Balaban J connectivity index is 1.96. The highest BCUT2D eigenvalue weighted by Crippen LogP contribution is 2.20. The summed E-state index contributed by atoms with van der Waals surface area (Å²) in [6.45, 7) is 5.87. The van der Waals surface area contributed by atoms with Crippen molar-refractivity contribution in [3.8, 4) is 5.75 Å². The summed E-state index contributed by atoms with van der Waals surface area (Å²) in [5.74, 6) is 1.06. The highest BCUT2D eigenvalue weighted by atomic mass is 127. The lowest BCUT2D eigenvalue weighted by molar-refractivity contribution is -0.118. The second kappa shape index (κ2) is 6.89. The summed E-state index contributed by atoms with van der Waals surface area (Å²) < 4.78 is 6.63. The van der Waals surface area contributed by atoms with Crippen molar-refractivity contribution in [3.63, 3.8) is 0 Å². The minimum absolute atomic E-state index is 0.0307. The Labute approximate surface area is 138 Å². The molecular formula is C16H17IN2O2. The topological polar surface area (TPSA) is 51.2 Å². The smallest absolute Gasteiger partial charge is 0.263 e. The van der Waals surface area contributed by atoms with Crippen LogP contribution in [0.2, 0.25) is 0 Å². The molecule has 1 aromatic carbocycles. The van der Waals surface area contributed by atoms with Gasteiger partial charge in [-0.15, -0.1) is 0 Å². The SMILES string of the molecule is Cc1cccc(OCC(=O)Nc2ccc(I)c(C)n2)c1C. The van der Waals surface area contributed by atoms with Crippen LogP contribution in [-0.2, 0) is 4.79 Å². The molecular weight excluding hydrogens is 379 g/mol. The number of pyridine rings is 1.